The molecular formula is C16H16N4O4. The Hall–Kier alpha value is -3.03. The fourth-order valence-corrected chi connectivity index (χ4v) is 2.89. The summed E-state index contributed by atoms with van der Waals surface area (Å²) in [6.07, 6.45) is 4.12. The Balaban J connectivity index is 1.72. The lowest BCUT2D eigenvalue weighted by Crippen LogP contribution is -2.30. The van der Waals surface area contributed by atoms with Gasteiger partial charge >= 0.3 is 0 Å². The molecule has 1 aromatic heterocycles. The van der Waals surface area contributed by atoms with Crippen LogP contribution in [-0.4, -0.2) is 31.4 Å². The number of non-ortho nitro benzene ring substituents is 1. The van der Waals surface area contributed by atoms with E-state index in [0.717, 1.165) is 5.56 Å². The van der Waals surface area contributed by atoms with Gasteiger partial charge in [-0.15, -0.1) is 0 Å². The lowest BCUT2D eigenvalue weighted by atomic mass is 10.0. The van der Waals surface area contributed by atoms with Crippen LogP contribution in [0.15, 0.2) is 36.7 Å². The zero-order chi connectivity index (χ0) is 17.3. The van der Waals surface area contributed by atoms with E-state index in [2.05, 4.69) is 5.10 Å². The van der Waals surface area contributed by atoms with E-state index < -0.39 is 10.8 Å². The number of nitrogens with zero attached hydrogens (tertiary/aromatic N) is 4. The lowest BCUT2D eigenvalue weighted by molar-refractivity contribution is -0.384. The number of carbonyl (C=O) groups excluding carboxylic acids is 2. The highest BCUT2D eigenvalue weighted by molar-refractivity contribution is 6.03. The Morgan fingerprint density at radius 1 is 1.33 bits per heavy atom. The number of carbonyl (C=O) groups is 2. The summed E-state index contributed by atoms with van der Waals surface area (Å²) in [5.74, 6) is -0.892. The first-order valence-electron chi connectivity index (χ1n) is 7.49. The first kappa shape index (κ1) is 15.9. The Bertz CT molecular complexity index is 814. The maximum absolute atomic E-state index is 12.5. The van der Waals surface area contributed by atoms with Gasteiger partial charge in [0.15, 0.2) is 0 Å². The molecule has 1 aromatic carbocycles. The largest absolute Gasteiger partial charge is 0.278 e. The average molecular weight is 328 g/mol. The minimum absolute atomic E-state index is 0.0569. The predicted octanol–water partition coefficient (Wildman–Crippen LogP) is 1.45. The molecule has 0 saturated carbocycles. The van der Waals surface area contributed by atoms with Crippen molar-refractivity contribution in [2.75, 3.05) is 0 Å². The normalized spacial score (nSPS) is 17.5. The highest BCUT2D eigenvalue weighted by Gasteiger charge is 2.38. The van der Waals surface area contributed by atoms with Gasteiger partial charge in [-0.1, -0.05) is 12.1 Å². The van der Waals surface area contributed by atoms with Gasteiger partial charge in [0.2, 0.25) is 11.8 Å². The maximum atomic E-state index is 12.5. The van der Waals surface area contributed by atoms with E-state index in [1.807, 2.05) is 6.20 Å². The molecule has 8 nitrogen and oxygen atoms in total. The Morgan fingerprint density at radius 2 is 2.12 bits per heavy atom. The molecule has 3 rings (SSSR count). The monoisotopic (exact) mass is 328 g/mol. The zero-order valence-electron chi connectivity index (χ0n) is 13.1. The number of aryl methyl sites for hydroxylation is 1. The fraction of sp³-hybridized carbons (Fsp3) is 0.312. The van der Waals surface area contributed by atoms with Crippen LogP contribution >= 0.6 is 0 Å². The second-order valence-electron chi connectivity index (χ2n) is 5.87. The van der Waals surface area contributed by atoms with Crippen LogP contribution in [0.25, 0.3) is 0 Å². The summed E-state index contributed by atoms with van der Waals surface area (Å²) in [5, 5.41) is 14.9. The van der Waals surface area contributed by atoms with Gasteiger partial charge < -0.3 is 0 Å². The third kappa shape index (κ3) is 3.17. The fourth-order valence-electron chi connectivity index (χ4n) is 2.89. The van der Waals surface area contributed by atoms with Crippen molar-refractivity contribution in [2.45, 2.75) is 19.4 Å². The van der Waals surface area contributed by atoms with Gasteiger partial charge in [-0.05, 0) is 17.5 Å². The van der Waals surface area contributed by atoms with Gasteiger partial charge in [0, 0.05) is 31.8 Å². The second-order valence-corrected chi connectivity index (χ2v) is 5.87. The molecular weight excluding hydrogens is 312 g/mol. The second kappa shape index (κ2) is 6.23. The Morgan fingerprint density at radius 3 is 2.79 bits per heavy atom. The van der Waals surface area contributed by atoms with Crippen molar-refractivity contribution in [3.63, 3.8) is 0 Å². The summed E-state index contributed by atoms with van der Waals surface area (Å²) in [5.41, 5.74) is 1.41. The van der Waals surface area contributed by atoms with Gasteiger partial charge in [0.25, 0.3) is 5.69 Å². The number of imide groups is 1. The maximum Gasteiger partial charge on any atom is 0.269 e. The summed E-state index contributed by atoms with van der Waals surface area (Å²) in [4.78, 5) is 36.2. The van der Waals surface area contributed by atoms with E-state index in [0.29, 0.717) is 12.0 Å². The van der Waals surface area contributed by atoms with Crippen molar-refractivity contribution in [3.8, 4) is 0 Å². The van der Waals surface area contributed by atoms with E-state index in [1.54, 1.807) is 30.1 Å². The molecule has 24 heavy (non-hydrogen) atoms. The lowest BCUT2D eigenvalue weighted by Gasteiger charge is -2.14. The van der Waals surface area contributed by atoms with E-state index >= 15 is 0 Å². The van der Waals surface area contributed by atoms with Gasteiger partial charge in [0.1, 0.15) is 0 Å². The highest BCUT2D eigenvalue weighted by Crippen LogP contribution is 2.26. The first-order valence-corrected chi connectivity index (χ1v) is 7.49. The van der Waals surface area contributed by atoms with Crippen LogP contribution in [-0.2, 0) is 29.6 Å². The molecule has 124 valence electrons. The van der Waals surface area contributed by atoms with E-state index in [1.165, 1.54) is 17.0 Å². The van der Waals surface area contributed by atoms with Gasteiger partial charge in [-0.25, -0.2) is 0 Å². The van der Waals surface area contributed by atoms with Gasteiger partial charge in [-0.2, -0.15) is 5.10 Å². The molecule has 2 aromatic rings. The third-order valence-electron chi connectivity index (χ3n) is 4.04. The summed E-state index contributed by atoms with van der Waals surface area (Å²) >= 11 is 0. The van der Waals surface area contributed by atoms with Crippen LogP contribution in [0.3, 0.4) is 0 Å². The first-order chi connectivity index (χ1) is 11.4. The van der Waals surface area contributed by atoms with Crippen molar-refractivity contribution < 1.29 is 14.5 Å². The molecule has 0 aliphatic carbocycles. The van der Waals surface area contributed by atoms with Crippen LogP contribution in [0.4, 0.5) is 5.69 Å². The molecule has 0 radical (unpaired) electrons. The molecule has 2 heterocycles. The van der Waals surface area contributed by atoms with Crippen molar-refractivity contribution in [3.05, 3.63) is 57.9 Å². The molecule has 0 bridgehead atoms. The Labute approximate surface area is 137 Å². The minimum Gasteiger partial charge on any atom is -0.278 e. The van der Waals surface area contributed by atoms with Crippen molar-refractivity contribution in [1.82, 2.24) is 14.7 Å². The Kier molecular flexibility index (Phi) is 4.11. The molecule has 8 heteroatoms. The molecule has 1 fully saturated rings. The van der Waals surface area contributed by atoms with Crippen LogP contribution in [0.1, 0.15) is 17.5 Å². The molecule has 1 aliphatic rings. The van der Waals surface area contributed by atoms with Crippen LogP contribution < -0.4 is 0 Å². The smallest absolute Gasteiger partial charge is 0.269 e. The molecule has 0 N–H and O–H groups in total. The predicted molar refractivity (Wildman–Crippen MR) is 83.7 cm³/mol. The van der Waals surface area contributed by atoms with Crippen molar-refractivity contribution in [1.29, 1.82) is 0 Å². The standard InChI is InChI=1S/C16H16N4O4/c1-18-9-12(8-17-18)5-13-7-15(21)19(16(13)22)10-11-3-2-4-14(6-11)20(23)24/h2-4,6,8-9,13H,5,7,10H2,1H3/t13-/m1/s1. The van der Waals surface area contributed by atoms with E-state index in [9.17, 15) is 19.7 Å². The number of hydrogen-bond donors (Lipinski definition) is 0. The molecule has 1 atom stereocenters. The summed E-state index contributed by atoms with van der Waals surface area (Å²) in [6, 6.07) is 5.98. The number of amides is 2. The number of hydrogen-bond acceptors (Lipinski definition) is 5. The molecule has 0 unspecified atom stereocenters. The van der Waals surface area contributed by atoms with Crippen LogP contribution in [0.5, 0.6) is 0 Å². The number of benzene rings is 1. The average Bonchev–Trinajstić information content (AvgIpc) is 3.06. The quantitative estimate of drug-likeness (QED) is 0.470. The van der Waals surface area contributed by atoms with Crippen LogP contribution in [0.2, 0.25) is 0 Å². The number of nitro benzene ring substituents is 1. The minimum atomic E-state index is -0.498. The van der Waals surface area contributed by atoms with Crippen LogP contribution in [0, 0.1) is 16.0 Å². The van der Waals surface area contributed by atoms with E-state index in [-0.39, 0.29) is 30.5 Å². The third-order valence-corrected chi connectivity index (χ3v) is 4.04. The van der Waals surface area contributed by atoms with E-state index in [4.69, 9.17) is 0 Å². The van der Waals surface area contributed by atoms with Gasteiger partial charge in [0.05, 0.1) is 23.6 Å². The molecule has 1 aliphatic heterocycles. The SMILES string of the molecule is Cn1cc(C[C@@H]2CC(=O)N(Cc3cccc([N+](=O)[O-])c3)C2=O)cn1. The topological polar surface area (TPSA) is 98.3 Å². The number of likely N-dealkylation sites (tertiary alicyclic amines) is 1. The summed E-state index contributed by atoms with van der Waals surface area (Å²) in [7, 11) is 1.79. The van der Waals surface area contributed by atoms with Gasteiger partial charge in [-0.3, -0.25) is 29.3 Å². The number of aromatic nitrogens is 2. The zero-order valence-corrected chi connectivity index (χ0v) is 13.1. The number of rotatable bonds is 5. The summed E-state index contributed by atoms with van der Waals surface area (Å²) < 4.78 is 1.65. The molecule has 0 spiro atoms. The molecule has 1 saturated heterocycles. The summed E-state index contributed by atoms with van der Waals surface area (Å²) in [6.45, 7) is 0.0584. The molecule has 2 amide bonds. The van der Waals surface area contributed by atoms with Crippen molar-refractivity contribution >= 4 is 17.5 Å². The number of nitro groups is 1. The highest BCUT2D eigenvalue weighted by atomic mass is 16.6. The van der Waals surface area contributed by atoms with Crippen molar-refractivity contribution in [2.24, 2.45) is 13.0 Å².